The van der Waals surface area contributed by atoms with Crippen molar-refractivity contribution in [3.8, 4) is 5.75 Å². The fourth-order valence-corrected chi connectivity index (χ4v) is 2.80. The molecule has 138 valence electrons. The number of anilines is 2. The van der Waals surface area contributed by atoms with Gasteiger partial charge in [-0.25, -0.2) is 4.79 Å². The molecule has 0 aromatic heterocycles. The Kier molecular flexibility index (Phi) is 4.92. The Hall–Kier alpha value is -2.90. The molecule has 2 aromatic rings. The van der Waals surface area contributed by atoms with Crippen molar-refractivity contribution in [1.82, 2.24) is 4.90 Å². The Bertz CT molecular complexity index is 770. The largest absolute Gasteiger partial charge is 0.508 e. The van der Waals surface area contributed by atoms with Gasteiger partial charge in [-0.1, -0.05) is 6.07 Å². The van der Waals surface area contributed by atoms with E-state index in [2.05, 4.69) is 10.2 Å². The van der Waals surface area contributed by atoms with Crippen LogP contribution in [0.4, 0.5) is 29.3 Å². The molecule has 1 fully saturated rings. The highest BCUT2D eigenvalue weighted by molar-refractivity contribution is 5.89. The number of rotatable bonds is 2. The maximum absolute atomic E-state index is 12.6. The molecule has 3 rings (SSSR count). The van der Waals surface area contributed by atoms with Gasteiger partial charge in [0.25, 0.3) is 0 Å². The Labute approximate surface area is 148 Å². The highest BCUT2D eigenvalue weighted by atomic mass is 19.4. The number of hydrogen-bond donors (Lipinski definition) is 2. The maximum Gasteiger partial charge on any atom is 0.416 e. The van der Waals surface area contributed by atoms with E-state index in [4.69, 9.17) is 0 Å². The third-order valence-electron chi connectivity index (χ3n) is 4.23. The molecule has 26 heavy (non-hydrogen) atoms. The van der Waals surface area contributed by atoms with Crippen molar-refractivity contribution in [3.63, 3.8) is 0 Å². The SMILES string of the molecule is O=C(Nc1ccc(C(F)(F)F)cc1)N1CCN(c2cccc(O)c2)CC1. The van der Waals surface area contributed by atoms with Crippen molar-refractivity contribution in [2.45, 2.75) is 6.18 Å². The van der Waals surface area contributed by atoms with Gasteiger partial charge in [0, 0.05) is 43.6 Å². The van der Waals surface area contributed by atoms with Gasteiger partial charge in [0.2, 0.25) is 0 Å². The lowest BCUT2D eigenvalue weighted by atomic mass is 10.2. The van der Waals surface area contributed by atoms with Crippen LogP contribution in [0.15, 0.2) is 48.5 Å². The number of benzene rings is 2. The van der Waals surface area contributed by atoms with Crippen LogP contribution in [0.2, 0.25) is 0 Å². The minimum Gasteiger partial charge on any atom is -0.508 e. The molecule has 0 aliphatic carbocycles. The van der Waals surface area contributed by atoms with E-state index < -0.39 is 11.7 Å². The lowest BCUT2D eigenvalue weighted by molar-refractivity contribution is -0.137. The van der Waals surface area contributed by atoms with Crippen LogP contribution >= 0.6 is 0 Å². The first kappa shape index (κ1) is 17.9. The van der Waals surface area contributed by atoms with Crippen LogP contribution in [0.25, 0.3) is 0 Å². The van der Waals surface area contributed by atoms with Crippen LogP contribution in [0.1, 0.15) is 5.56 Å². The van der Waals surface area contributed by atoms with Gasteiger partial charge >= 0.3 is 12.2 Å². The van der Waals surface area contributed by atoms with Gasteiger partial charge in [-0.2, -0.15) is 13.2 Å². The van der Waals surface area contributed by atoms with Gasteiger partial charge in [0.1, 0.15) is 5.75 Å². The second-order valence-electron chi connectivity index (χ2n) is 6.00. The Morgan fingerprint density at radius 1 is 1.00 bits per heavy atom. The van der Waals surface area contributed by atoms with E-state index >= 15 is 0 Å². The topological polar surface area (TPSA) is 55.8 Å². The molecule has 1 saturated heterocycles. The third kappa shape index (κ3) is 4.19. The van der Waals surface area contributed by atoms with E-state index in [1.807, 2.05) is 6.07 Å². The first-order valence-corrected chi connectivity index (χ1v) is 8.10. The standard InChI is InChI=1S/C18H18F3N3O2/c19-18(20,21)13-4-6-14(7-5-13)22-17(26)24-10-8-23(9-11-24)15-2-1-3-16(25)12-15/h1-7,12,25H,8-11H2,(H,22,26). The summed E-state index contributed by atoms with van der Waals surface area (Å²) in [5.41, 5.74) is 0.446. The third-order valence-corrected chi connectivity index (χ3v) is 4.23. The van der Waals surface area contributed by atoms with Crippen LogP contribution < -0.4 is 10.2 Å². The number of nitrogens with zero attached hydrogens (tertiary/aromatic N) is 2. The summed E-state index contributed by atoms with van der Waals surface area (Å²) in [7, 11) is 0. The van der Waals surface area contributed by atoms with Crippen molar-refractivity contribution in [1.29, 1.82) is 0 Å². The van der Waals surface area contributed by atoms with Crippen molar-refractivity contribution in [3.05, 3.63) is 54.1 Å². The number of carbonyl (C=O) groups excluding carboxylic acids is 1. The van der Waals surface area contributed by atoms with E-state index in [-0.39, 0.29) is 11.8 Å². The smallest absolute Gasteiger partial charge is 0.416 e. The van der Waals surface area contributed by atoms with E-state index in [0.29, 0.717) is 31.9 Å². The summed E-state index contributed by atoms with van der Waals surface area (Å²) < 4.78 is 37.7. The number of phenols is 1. The summed E-state index contributed by atoms with van der Waals surface area (Å²) in [5.74, 6) is 0.185. The second kappa shape index (κ2) is 7.15. The van der Waals surface area contributed by atoms with Gasteiger partial charge in [-0.15, -0.1) is 0 Å². The Balaban J connectivity index is 1.55. The number of phenolic OH excluding ortho intramolecular Hbond substituents is 1. The molecule has 0 saturated carbocycles. The van der Waals surface area contributed by atoms with E-state index in [9.17, 15) is 23.1 Å². The van der Waals surface area contributed by atoms with Crippen molar-refractivity contribution in [2.24, 2.45) is 0 Å². The molecular formula is C18H18F3N3O2. The summed E-state index contributed by atoms with van der Waals surface area (Å²) in [5, 5.41) is 12.2. The fraction of sp³-hybridized carbons (Fsp3) is 0.278. The maximum atomic E-state index is 12.6. The molecule has 5 nitrogen and oxygen atoms in total. The predicted octanol–water partition coefficient (Wildman–Crippen LogP) is 3.77. The number of halogens is 3. The van der Waals surface area contributed by atoms with Crippen LogP contribution in [0, 0.1) is 0 Å². The predicted molar refractivity (Wildman–Crippen MR) is 92.4 cm³/mol. The molecule has 2 N–H and O–H groups in total. The second-order valence-corrected chi connectivity index (χ2v) is 6.00. The van der Waals surface area contributed by atoms with Gasteiger partial charge in [-0.3, -0.25) is 0 Å². The molecule has 0 atom stereocenters. The molecule has 8 heteroatoms. The molecule has 0 bridgehead atoms. The minimum atomic E-state index is -4.40. The number of carbonyl (C=O) groups is 1. The summed E-state index contributed by atoms with van der Waals surface area (Å²) >= 11 is 0. The summed E-state index contributed by atoms with van der Waals surface area (Å²) in [6, 6.07) is 10.9. The number of hydrogen-bond acceptors (Lipinski definition) is 3. The molecule has 1 aliphatic heterocycles. The highest BCUT2D eigenvalue weighted by Crippen LogP contribution is 2.30. The van der Waals surface area contributed by atoms with Crippen molar-refractivity contribution >= 4 is 17.4 Å². The van der Waals surface area contributed by atoms with Gasteiger partial charge < -0.3 is 20.2 Å². The normalized spacial score (nSPS) is 15.0. The van der Waals surface area contributed by atoms with E-state index in [1.54, 1.807) is 23.1 Å². The summed E-state index contributed by atoms with van der Waals surface area (Å²) in [6.45, 7) is 2.15. The van der Waals surface area contributed by atoms with Gasteiger partial charge in [0.05, 0.1) is 5.56 Å². The molecule has 0 unspecified atom stereocenters. The van der Waals surface area contributed by atoms with E-state index in [1.165, 1.54) is 12.1 Å². The van der Waals surface area contributed by atoms with Gasteiger partial charge in [-0.05, 0) is 36.4 Å². The quantitative estimate of drug-likeness (QED) is 0.852. The molecule has 2 aromatic carbocycles. The zero-order valence-electron chi connectivity index (χ0n) is 13.8. The zero-order valence-corrected chi connectivity index (χ0v) is 13.8. The van der Waals surface area contributed by atoms with Crippen LogP contribution in [0.5, 0.6) is 5.75 Å². The van der Waals surface area contributed by atoms with Crippen LogP contribution in [0.3, 0.4) is 0 Å². The minimum absolute atomic E-state index is 0.185. The molecule has 0 spiro atoms. The average molecular weight is 365 g/mol. The Morgan fingerprint density at radius 3 is 2.23 bits per heavy atom. The van der Waals surface area contributed by atoms with Crippen LogP contribution in [-0.4, -0.2) is 42.2 Å². The number of nitrogens with one attached hydrogen (secondary N) is 1. The molecule has 1 heterocycles. The lowest BCUT2D eigenvalue weighted by Gasteiger charge is -2.36. The van der Waals surface area contributed by atoms with Crippen molar-refractivity contribution < 1.29 is 23.1 Å². The Morgan fingerprint density at radius 2 is 1.65 bits per heavy atom. The number of piperazine rings is 1. The summed E-state index contributed by atoms with van der Waals surface area (Å²) in [6.07, 6.45) is -4.40. The van der Waals surface area contributed by atoms with Crippen molar-refractivity contribution in [2.75, 3.05) is 36.4 Å². The number of aromatic hydroxyl groups is 1. The highest BCUT2D eigenvalue weighted by Gasteiger charge is 2.30. The number of urea groups is 1. The first-order valence-electron chi connectivity index (χ1n) is 8.10. The first-order chi connectivity index (χ1) is 12.3. The average Bonchev–Trinajstić information content (AvgIpc) is 2.61. The molecule has 1 aliphatic rings. The summed E-state index contributed by atoms with van der Waals surface area (Å²) in [4.78, 5) is 15.9. The number of amides is 2. The monoisotopic (exact) mass is 365 g/mol. The molecule has 2 amide bonds. The van der Waals surface area contributed by atoms with Gasteiger partial charge in [0.15, 0.2) is 0 Å². The fourth-order valence-electron chi connectivity index (χ4n) is 2.80. The zero-order chi connectivity index (χ0) is 18.7. The van der Waals surface area contributed by atoms with Crippen LogP contribution in [-0.2, 0) is 6.18 Å². The molecular weight excluding hydrogens is 347 g/mol. The van der Waals surface area contributed by atoms with E-state index in [0.717, 1.165) is 17.8 Å². The molecule has 0 radical (unpaired) electrons. The lowest BCUT2D eigenvalue weighted by Crippen LogP contribution is -2.50. The number of alkyl halides is 3.